The summed E-state index contributed by atoms with van der Waals surface area (Å²) in [4.78, 5) is 4.00. The first-order valence-electron chi connectivity index (χ1n) is 5.83. The summed E-state index contributed by atoms with van der Waals surface area (Å²) in [5.41, 5.74) is 1.15. The van der Waals surface area contributed by atoms with E-state index in [9.17, 15) is 8.78 Å². The van der Waals surface area contributed by atoms with Gasteiger partial charge in [0.1, 0.15) is 11.6 Å². The van der Waals surface area contributed by atoms with Crippen LogP contribution in [0.2, 0.25) is 5.02 Å². The van der Waals surface area contributed by atoms with Crippen LogP contribution in [0.3, 0.4) is 0 Å². The quantitative estimate of drug-likeness (QED) is 0.928. The molecule has 2 aromatic rings. The van der Waals surface area contributed by atoms with E-state index in [0.717, 1.165) is 6.20 Å². The first-order chi connectivity index (χ1) is 9.11. The number of hydrogen-bond donors (Lipinski definition) is 1. The fraction of sp³-hybridized carbons (Fsp3) is 0.214. The summed E-state index contributed by atoms with van der Waals surface area (Å²) < 4.78 is 26.7. The van der Waals surface area contributed by atoms with Crippen molar-refractivity contribution < 1.29 is 8.78 Å². The largest absolute Gasteiger partial charge is 0.311 e. The molecule has 1 aromatic carbocycles. The highest BCUT2D eigenvalue weighted by Gasteiger charge is 2.15. The van der Waals surface area contributed by atoms with Crippen molar-refractivity contribution in [3.63, 3.8) is 0 Å². The lowest BCUT2D eigenvalue weighted by Crippen LogP contribution is -2.20. The summed E-state index contributed by atoms with van der Waals surface area (Å²) in [5, 5.41) is 3.13. The minimum absolute atomic E-state index is 0.0967. The molecule has 0 saturated heterocycles. The molecule has 0 aliphatic heterocycles. The maximum atomic E-state index is 13.8. The monoisotopic (exact) mass is 282 g/mol. The summed E-state index contributed by atoms with van der Waals surface area (Å²) in [5.74, 6) is -0.820. The lowest BCUT2D eigenvalue weighted by atomic mass is 10.0. The minimum atomic E-state index is -0.425. The van der Waals surface area contributed by atoms with Crippen molar-refractivity contribution in [3.8, 4) is 0 Å². The summed E-state index contributed by atoms with van der Waals surface area (Å²) in [6, 6.07) is 7.60. The van der Waals surface area contributed by atoms with Gasteiger partial charge in [0, 0.05) is 0 Å². The van der Waals surface area contributed by atoms with E-state index in [1.165, 1.54) is 12.1 Å². The Hall–Kier alpha value is -1.52. The van der Waals surface area contributed by atoms with E-state index >= 15 is 0 Å². The first kappa shape index (κ1) is 13.9. The van der Waals surface area contributed by atoms with Crippen LogP contribution in [0.1, 0.15) is 17.3 Å². The highest BCUT2D eigenvalue weighted by molar-refractivity contribution is 6.30. The number of aromatic nitrogens is 1. The van der Waals surface area contributed by atoms with E-state index in [1.54, 1.807) is 25.2 Å². The standard InChI is InChI=1S/C14H13ClF2N2/c1-18-13(12-6-5-10(16)8-19-12)7-9-3-2-4-11(15)14(9)17/h2-6,8,13,18H,7H2,1H3. The average molecular weight is 283 g/mol. The Balaban J connectivity index is 2.24. The predicted molar refractivity (Wildman–Crippen MR) is 71.1 cm³/mol. The van der Waals surface area contributed by atoms with E-state index in [1.807, 2.05) is 0 Å². The van der Waals surface area contributed by atoms with Crippen molar-refractivity contribution in [2.75, 3.05) is 7.05 Å². The molecule has 1 aromatic heterocycles. The van der Waals surface area contributed by atoms with Crippen molar-refractivity contribution in [1.29, 1.82) is 0 Å². The molecule has 1 unspecified atom stereocenters. The van der Waals surface area contributed by atoms with E-state index in [0.29, 0.717) is 17.7 Å². The second kappa shape index (κ2) is 6.08. The Morgan fingerprint density at radius 1 is 1.26 bits per heavy atom. The molecule has 1 N–H and O–H groups in total. The van der Waals surface area contributed by atoms with Crippen molar-refractivity contribution >= 4 is 11.6 Å². The summed E-state index contributed by atoms with van der Waals surface area (Å²) in [6.45, 7) is 0. The Kier molecular flexibility index (Phi) is 4.45. The third kappa shape index (κ3) is 3.28. The number of halogens is 3. The number of pyridine rings is 1. The second-order valence-electron chi connectivity index (χ2n) is 4.16. The van der Waals surface area contributed by atoms with Crippen molar-refractivity contribution in [2.24, 2.45) is 0 Å². The molecule has 5 heteroatoms. The number of nitrogens with zero attached hydrogens (tertiary/aromatic N) is 1. The number of hydrogen-bond acceptors (Lipinski definition) is 2. The summed E-state index contributed by atoms with van der Waals surface area (Å²) in [6.07, 6.45) is 1.54. The van der Waals surface area contributed by atoms with Gasteiger partial charge in [-0.25, -0.2) is 8.78 Å². The molecule has 19 heavy (non-hydrogen) atoms. The van der Waals surface area contributed by atoms with E-state index in [4.69, 9.17) is 11.6 Å². The van der Waals surface area contributed by atoms with Gasteiger partial charge in [-0.05, 0) is 37.2 Å². The van der Waals surface area contributed by atoms with Gasteiger partial charge in [-0.2, -0.15) is 0 Å². The third-order valence-corrected chi connectivity index (χ3v) is 3.20. The van der Waals surface area contributed by atoms with E-state index in [2.05, 4.69) is 10.3 Å². The number of likely N-dealkylation sites (N-methyl/N-ethyl adjacent to an activating group) is 1. The summed E-state index contributed by atoms with van der Waals surface area (Å²) in [7, 11) is 1.75. The van der Waals surface area contributed by atoms with E-state index in [-0.39, 0.29) is 11.1 Å². The zero-order chi connectivity index (χ0) is 13.8. The van der Waals surface area contributed by atoms with Crippen LogP contribution in [0.25, 0.3) is 0 Å². The van der Waals surface area contributed by atoms with Gasteiger partial charge in [0.25, 0.3) is 0 Å². The lowest BCUT2D eigenvalue weighted by molar-refractivity contribution is 0.540. The molecule has 2 rings (SSSR count). The van der Waals surface area contributed by atoms with E-state index < -0.39 is 11.6 Å². The fourth-order valence-electron chi connectivity index (χ4n) is 1.87. The minimum Gasteiger partial charge on any atom is -0.311 e. The van der Waals surface area contributed by atoms with Gasteiger partial charge in [-0.1, -0.05) is 23.7 Å². The van der Waals surface area contributed by atoms with Gasteiger partial charge in [0.15, 0.2) is 0 Å². The van der Waals surface area contributed by atoms with Crippen molar-refractivity contribution in [3.05, 3.63) is 64.4 Å². The van der Waals surface area contributed by atoms with Gasteiger partial charge < -0.3 is 5.32 Å². The van der Waals surface area contributed by atoms with Crippen LogP contribution in [0.5, 0.6) is 0 Å². The highest BCUT2D eigenvalue weighted by atomic mass is 35.5. The number of nitrogens with one attached hydrogen (secondary N) is 1. The molecule has 0 spiro atoms. The van der Waals surface area contributed by atoms with Crippen LogP contribution >= 0.6 is 11.6 Å². The second-order valence-corrected chi connectivity index (χ2v) is 4.57. The van der Waals surface area contributed by atoms with Crippen LogP contribution in [-0.2, 0) is 6.42 Å². The lowest BCUT2D eigenvalue weighted by Gasteiger charge is -2.16. The van der Waals surface area contributed by atoms with Crippen LogP contribution in [0.4, 0.5) is 8.78 Å². The number of rotatable bonds is 4. The topological polar surface area (TPSA) is 24.9 Å². The fourth-order valence-corrected chi connectivity index (χ4v) is 2.07. The smallest absolute Gasteiger partial charge is 0.145 e. The Morgan fingerprint density at radius 3 is 2.68 bits per heavy atom. The molecule has 0 fully saturated rings. The van der Waals surface area contributed by atoms with Gasteiger partial charge in [0.2, 0.25) is 0 Å². The van der Waals surface area contributed by atoms with Crippen LogP contribution in [0.15, 0.2) is 36.5 Å². The molecule has 100 valence electrons. The molecular formula is C14H13ClF2N2. The van der Waals surface area contributed by atoms with Crippen LogP contribution in [-0.4, -0.2) is 12.0 Å². The Bertz CT molecular complexity index is 558. The van der Waals surface area contributed by atoms with Gasteiger partial charge in [-0.15, -0.1) is 0 Å². The van der Waals surface area contributed by atoms with Gasteiger partial charge >= 0.3 is 0 Å². The average Bonchev–Trinajstić information content (AvgIpc) is 2.42. The maximum absolute atomic E-state index is 13.8. The van der Waals surface area contributed by atoms with Gasteiger partial charge in [0.05, 0.1) is 23.0 Å². The highest BCUT2D eigenvalue weighted by Crippen LogP contribution is 2.23. The molecule has 1 atom stereocenters. The zero-order valence-electron chi connectivity index (χ0n) is 10.3. The molecule has 1 heterocycles. The molecule has 0 amide bonds. The molecule has 0 radical (unpaired) electrons. The molecule has 0 aliphatic carbocycles. The van der Waals surface area contributed by atoms with Crippen LogP contribution in [0, 0.1) is 11.6 Å². The SMILES string of the molecule is CNC(Cc1cccc(Cl)c1F)c1ccc(F)cn1. The van der Waals surface area contributed by atoms with Crippen molar-refractivity contribution in [1.82, 2.24) is 10.3 Å². The predicted octanol–water partition coefficient (Wildman–Crippen LogP) is 3.52. The summed E-state index contributed by atoms with van der Waals surface area (Å²) >= 11 is 5.75. The Morgan fingerprint density at radius 2 is 2.05 bits per heavy atom. The molecule has 0 saturated carbocycles. The molecular weight excluding hydrogens is 270 g/mol. The third-order valence-electron chi connectivity index (χ3n) is 2.91. The van der Waals surface area contributed by atoms with Crippen molar-refractivity contribution in [2.45, 2.75) is 12.5 Å². The molecule has 0 bridgehead atoms. The van der Waals surface area contributed by atoms with Crippen LogP contribution < -0.4 is 5.32 Å². The number of benzene rings is 1. The first-order valence-corrected chi connectivity index (χ1v) is 6.21. The Labute approximate surface area is 115 Å². The normalized spacial score (nSPS) is 12.4. The molecule has 0 aliphatic rings. The maximum Gasteiger partial charge on any atom is 0.145 e. The zero-order valence-corrected chi connectivity index (χ0v) is 11.1. The van der Waals surface area contributed by atoms with Gasteiger partial charge in [-0.3, -0.25) is 4.98 Å². The molecule has 2 nitrogen and oxygen atoms in total.